The van der Waals surface area contributed by atoms with Crippen LogP contribution in [0.5, 0.6) is 0 Å². The first-order chi connectivity index (χ1) is 47.8. The number of halogens is 1. The number of ether oxygens (including phenoxy) is 4. The van der Waals surface area contributed by atoms with Gasteiger partial charge in [0.2, 0.25) is 17.7 Å². The van der Waals surface area contributed by atoms with Crippen LogP contribution in [0, 0.1) is 0 Å². The molecule has 1 saturated heterocycles. The van der Waals surface area contributed by atoms with Gasteiger partial charge in [-0.2, -0.15) is 40.5 Å². The van der Waals surface area contributed by atoms with Crippen LogP contribution in [0.25, 0.3) is 0 Å². The molecule has 3 N–H and O–H groups in total. The van der Waals surface area contributed by atoms with E-state index in [2.05, 4.69) is 22.2 Å². The maximum absolute atomic E-state index is 13.7. The molecule has 8 atom stereocenters. The Kier molecular flexibility index (Phi) is 38.8. The van der Waals surface area contributed by atoms with E-state index >= 15 is 0 Å². The minimum Gasteiger partial charge on any atom is -0.465 e. The zero-order chi connectivity index (χ0) is 71.5. The maximum atomic E-state index is 13.7. The summed E-state index contributed by atoms with van der Waals surface area (Å²) in [6, 6.07) is 46.0. The average Bonchev–Trinajstić information content (AvgIpc) is 1.76. The number of carbonyl (C=O) groups is 10. The number of aliphatic hydroxyl groups excluding tert-OH is 1. The van der Waals surface area contributed by atoms with Crippen LogP contribution < -0.4 is 25.3 Å². The van der Waals surface area contributed by atoms with Gasteiger partial charge in [-0.3, -0.25) is 53.9 Å². The van der Waals surface area contributed by atoms with Gasteiger partial charge in [0.1, 0.15) is 47.6 Å². The summed E-state index contributed by atoms with van der Waals surface area (Å²) < 4.78 is 21.5. The van der Waals surface area contributed by atoms with Crippen molar-refractivity contribution in [1.29, 1.82) is 0 Å². The number of fused-ring (bicyclic) bond motifs is 3. The number of ketones is 3. The third kappa shape index (κ3) is 24.9. The summed E-state index contributed by atoms with van der Waals surface area (Å²) in [4.78, 5) is 134. The van der Waals surface area contributed by atoms with E-state index in [9.17, 15) is 53.1 Å². The van der Waals surface area contributed by atoms with Gasteiger partial charge in [-0.15, -0.1) is 11.6 Å². The maximum Gasteiger partial charge on any atom is 0.411 e. The zero-order valence-corrected chi connectivity index (χ0v) is 62.6. The number of nitrogens with zero attached hydrogens (tertiary/aromatic N) is 4. The number of benzene rings is 6. The van der Waals surface area contributed by atoms with Crippen molar-refractivity contribution in [2.45, 2.75) is 162 Å². The molecule has 5 unspecified atom stereocenters. The van der Waals surface area contributed by atoms with Crippen molar-refractivity contribution in [1.82, 2.24) is 15.5 Å². The molecule has 10 rings (SSSR count). The van der Waals surface area contributed by atoms with Crippen molar-refractivity contribution < 1.29 is 72.0 Å². The van der Waals surface area contributed by atoms with Crippen molar-refractivity contribution >= 4 is 128 Å². The average molecular weight is 1490 g/mol. The van der Waals surface area contributed by atoms with Gasteiger partial charge >= 0.3 is 24.0 Å². The summed E-state index contributed by atoms with van der Waals surface area (Å²) >= 11 is 4.64. The second-order valence-electron chi connectivity index (χ2n) is 24.3. The normalized spacial score (nSPS) is 18.1. The molecular formula is C78H101ClN6O15S3. The fourth-order valence-corrected chi connectivity index (χ4v) is 12.7. The highest BCUT2D eigenvalue weighted by Crippen LogP contribution is 2.37. The number of alkyl halides is 1. The Morgan fingerprint density at radius 1 is 0.524 bits per heavy atom. The van der Waals surface area contributed by atoms with Crippen LogP contribution in [0.3, 0.4) is 0 Å². The summed E-state index contributed by atoms with van der Waals surface area (Å²) in [5, 5.41) is 17.1. The van der Waals surface area contributed by atoms with Crippen LogP contribution in [0.15, 0.2) is 164 Å². The quantitative estimate of drug-likeness (QED) is 0.0289. The second kappa shape index (κ2) is 45.0. The third-order valence-electron chi connectivity index (χ3n) is 17.2. The lowest BCUT2D eigenvalue weighted by atomic mass is 9.96. The molecule has 4 heterocycles. The van der Waals surface area contributed by atoms with Crippen LogP contribution in [0.1, 0.15) is 133 Å². The highest BCUT2D eigenvalue weighted by molar-refractivity contribution is 7.59. The molecule has 0 aliphatic carbocycles. The number of hydrogen-bond acceptors (Lipinski definition) is 17. The van der Waals surface area contributed by atoms with E-state index in [4.69, 9.17) is 18.9 Å². The summed E-state index contributed by atoms with van der Waals surface area (Å²) in [5.74, 6) is -2.72. The Bertz CT molecular complexity index is 3730. The first kappa shape index (κ1) is 88.9. The van der Waals surface area contributed by atoms with E-state index in [-0.39, 0.29) is 135 Å². The van der Waals surface area contributed by atoms with Crippen LogP contribution in [-0.2, 0) is 87.8 Å². The fourth-order valence-electron chi connectivity index (χ4n) is 12.7. The third-order valence-corrected chi connectivity index (χ3v) is 17.2. The van der Waals surface area contributed by atoms with E-state index in [0.29, 0.717) is 68.3 Å². The molecule has 1 fully saturated rings. The first-order valence-electron chi connectivity index (χ1n) is 33.7. The summed E-state index contributed by atoms with van der Waals surface area (Å²) in [7, 11) is 0. The number of nitrogens with one attached hydrogen (secondary N) is 2. The predicted molar refractivity (Wildman–Crippen MR) is 415 cm³/mol. The van der Waals surface area contributed by atoms with E-state index in [1.807, 2.05) is 140 Å². The molecule has 0 radical (unpaired) electrons. The SMILES string of the molecule is C.CCOC(=O)C(CC(O)c1ccccc1)N[C@H]1CCc2ccccc2N(CC(C)=O)C1=O.CCOC(=O)C(CCc1ccccc1)N[C@H]1CCc2ccccc2N(CC(C)=O)C1=O.CCOC(=O)C1CC(c2ccccc2)OC(=O)N1[C@H]1CCc2ccccc2N(CC(C)=O)C1=O.CCl.S.S.S. The van der Waals surface area contributed by atoms with Gasteiger partial charge in [0.15, 0.2) is 0 Å². The van der Waals surface area contributed by atoms with Crippen molar-refractivity contribution in [3.8, 4) is 0 Å². The number of hydrogen-bond donors (Lipinski definition) is 3. The number of carbonyl (C=O) groups excluding carboxylic acids is 10. The van der Waals surface area contributed by atoms with Crippen molar-refractivity contribution in [2.75, 3.05) is 60.5 Å². The highest BCUT2D eigenvalue weighted by atomic mass is 35.5. The molecule has 0 aromatic heterocycles. The largest absolute Gasteiger partial charge is 0.465 e. The topological polar surface area (TPSA) is 265 Å². The monoisotopic (exact) mass is 1490 g/mol. The fraction of sp³-hybridized carbons (Fsp3) is 0.410. The molecule has 0 bridgehead atoms. The van der Waals surface area contributed by atoms with Crippen molar-refractivity contribution in [3.63, 3.8) is 0 Å². The Labute approximate surface area is 631 Å². The molecular weight excluding hydrogens is 1390 g/mol. The number of esters is 3. The molecule has 0 saturated carbocycles. The Hall–Kier alpha value is -8.36. The Morgan fingerprint density at radius 2 is 0.913 bits per heavy atom. The van der Waals surface area contributed by atoms with Crippen LogP contribution in [0.4, 0.5) is 21.9 Å². The molecule has 25 heteroatoms. The van der Waals surface area contributed by atoms with E-state index in [1.54, 1.807) is 49.9 Å². The van der Waals surface area contributed by atoms with Gasteiger partial charge in [-0.1, -0.05) is 153 Å². The molecule has 0 spiro atoms. The summed E-state index contributed by atoms with van der Waals surface area (Å²) in [6.07, 6.45) is 3.74. The number of Topliss-reactive ketones (excluding diaryl/α,β-unsaturated/α-hetero) is 3. The summed E-state index contributed by atoms with van der Waals surface area (Å²) in [6.45, 7) is 10.00. The van der Waals surface area contributed by atoms with Gasteiger partial charge < -0.3 is 38.8 Å². The lowest BCUT2D eigenvalue weighted by molar-refractivity contribution is -0.155. The first-order valence-corrected chi connectivity index (χ1v) is 34.4. The van der Waals surface area contributed by atoms with E-state index < -0.39 is 72.4 Å². The minimum absolute atomic E-state index is 0. The molecule has 4 amide bonds. The molecule has 4 aliphatic heterocycles. The Balaban J connectivity index is 0.000000389. The molecule has 4 aliphatic rings. The lowest BCUT2D eigenvalue weighted by Gasteiger charge is -2.41. The molecule has 21 nitrogen and oxygen atoms in total. The molecule has 558 valence electrons. The molecule has 6 aromatic carbocycles. The van der Waals surface area contributed by atoms with Gasteiger partial charge in [0.25, 0.3) is 0 Å². The van der Waals surface area contributed by atoms with Crippen molar-refractivity contribution in [3.05, 3.63) is 197 Å². The number of aliphatic hydroxyl groups is 1. The number of amides is 4. The van der Waals surface area contributed by atoms with Crippen molar-refractivity contribution in [2.24, 2.45) is 0 Å². The molecule has 103 heavy (non-hydrogen) atoms. The smallest absolute Gasteiger partial charge is 0.411 e. The number of para-hydroxylation sites is 3. The number of aryl methyl sites for hydroxylation is 4. The van der Waals surface area contributed by atoms with Crippen LogP contribution >= 0.6 is 52.1 Å². The van der Waals surface area contributed by atoms with Gasteiger partial charge in [-0.05, 0) is 144 Å². The van der Waals surface area contributed by atoms with E-state index in [0.717, 1.165) is 33.5 Å². The van der Waals surface area contributed by atoms with Crippen LogP contribution in [0.2, 0.25) is 0 Å². The second-order valence-corrected chi connectivity index (χ2v) is 24.3. The minimum atomic E-state index is -0.985. The lowest BCUT2D eigenvalue weighted by Crippen LogP contribution is -2.60. The number of rotatable bonds is 24. The number of cyclic esters (lactones) is 1. The predicted octanol–water partition coefficient (Wildman–Crippen LogP) is 10.9. The highest BCUT2D eigenvalue weighted by Gasteiger charge is 2.48. The molecule has 6 aromatic rings. The summed E-state index contributed by atoms with van der Waals surface area (Å²) in [5.41, 5.74) is 7.60. The van der Waals surface area contributed by atoms with Gasteiger partial charge in [0.05, 0.1) is 57.6 Å². The van der Waals surface area contributed by atoms with Gasteiger partial charge in [0, 0.05) is 36.3 Å². The van der Waals surface area contributed by atoms with E-state index in [1.165, 1.54) is 41.9 Å². The number of anilines is 3. The zero-order valence-electron chi connectivity index (χ0n) is 58.9. The standard InChI is InChI=1S/C26H28N2O6.C25H30N2O5.C25H30N2O4.CH3Cl.CH4.3H2S/c1-3-33-25(31)22-15-23(19-10-5-4-6-11-19)34-26(32)28(22)21-14-13-18-9-7-8-12-20(18)27(24(21)30)16-17(2)29;1-3-32-25(31)21(15-23(29)19-10-5-4-6-11-19)26-20-14-13-18-9-7-8-12-22(18)27(24(20)30)16-17(2)28;1-3-31-25(30)22(15-13-19-9-5-4-6-10-19)26-21-16-14-20-11-7-8-12-23(20)27(24(21)29)17-18(2)28;1-2;;;;/h4-12,21-23H,3,13-16H2,1-2H3;4-12,20-21,23,26,29H,3,13-16H2,1-2H3;4-12,21-22,26H,3,13-17H2,1-2H3;1H3;1H4;3*1H2/t21-,22?,23?;20-,21?,23?;21-,22?;;;;;/m000...../s1. The Morgan fingerprint density at radius 3 is 1.36 bits per heavy atom. The van der Waals surface area contributed by atoms with Crippen LogP contribution in [-0.4, -0.2) is 151 Å². The van der Waals surface area contributed by atoms with Gasteiger partial charge in [-0.25, -0.2) is 9.59 Å².